The molecule has 0 spiro atoms. The maximum absolute atomic E-state index is 12.3. The first-order valence-corrected chi connectivity index (χ1v) is 7.64. The summed E-state index contributed by atoms with van der Waals surface area (Å²) in [5, 5.41) is 10.9. The first-order chi connectivity index (χ1) is 11.4. The predicted molar refractivity (Wildman–Crippen MR) is 94.5 cm³/mol. The van der Waals surface area contributed by atoms with E-state index in [4.69, 9.17) is 0 Å². The van der Waals surface area contributed by atoms with Crippen LogP contribution in [0.3, 0.4) is 0 Å². The zero-order valence-electron chi connectivity index (χ0n) is 14.0. The number of nitro groups is 1. The number of benzene rings is 2. The van der Waals surface area contributed by atoms with E-state index >= 15 is 0 Å². The lowest BCUT2D eigenvalue weighted by molar-refractivity contribution is -0.384. The summed E-state index contributed by atoms with van der Waals surface area (Å²) in [5.41, 5.74) is 2.84. The van der Waals surface area contributed by atoms with Gasteiger partial charge in [0.05, 0.1) is 11.0 Å². The maximum atomic E-state index is 12.3. The molecule has 5 nitrogen and oxygen atoms in total. The maximum Gasteiger partial charge on any atom is 0.269 e. The summed E-state index contributed by atoms with van der Waals surface area (Å²) in [6.45, 7) is 3.84. The lowest BCUT2D eigenvalue weighted by atomic mass is 10.1. The average Bonchev–Trinajstić information content (AvgIpc) is 2.58. The number of nitro benzene ring substituents is 1. The van der Waals surface area contributed by atoms with Crippen LogP contribution in [0.1, 0.15) is 29.7 Å². The van der Waals surface area contributed by atoms with Crippen molar-refractivity contribution in [2.45, 2.75) is 19.9 Å². The van der Waals surface area contributed by atoms with Gasteiger partial charge in [-0.1, -0.05) is 42.0 Å². The number of likely N-dealkylation sites (N-methyl/N-ethyl adjacent to an activating group) is 1. The SMILES string of the molecule is Cc1cccc(/C=C/C(=O)N(C)[C@H](C)c2cccc([N+](=O)[O-])c2)c1. The van der Waals surface area contributed by atoms with Gasteiger partial charge in [0, 0.05) is 25.3 Å². The van der Waals surface area contributed by atoms with Crippen LogP contribution in [0, 0.1) is 17.0 Å². The molecular formula is C19H20N2O3. The second-order valence-electron chi connectivity index (χ2n) is 5.72. The first kappa shape index (κ1) is 17.4. The van der Waals surface area contributed by atoms with E-state index in [2.05, 4.69) is 0 Å². The molecule has 24 heavy (non-hydrogen) atoms. The molecule has 2 aromatic rings. The van der Waals surface area contributed by atoms with Crippen molar-refractivity contribution < 1.29 is 9.72 Å². The molecule has 1 amide bonds. The molecule has 0 fully saturated rings. The second-order valence-corrected chi connectivity index (χ2v) is 5.72. The second kappa shape index (κ2) is 7.55. The van der Waals surface area contributed by atoms with Crippen molar-refractivity contribution in [1.29, 1.82) is 0 Å². The number of nitrogens with zero attached hydrogens (tertiary/aromatic N) is 2. The van der Waals surface area contributed by atoms with Crippen LogP contribution >= 0.6 is 0 Å². The number of carbonyl (C=O) groups excluding carboxylic acids is 1. The van der Waals surface area contributed by atoms with E-state index in [1.54, 1.807) is 30.2 Å². The molecule has 0 N–H and O–H groups in total. The highest BCUT2D eigenvalue weighted by molar-refractivity contribution is 5.91. The van der Waals surface area contributed by atoms with Crippen molar-refractivity contribution in [3.8, 4) is 0 Å². The topological polar surface area (TPSA) is 63.5 Å². The van der Waals surface area contributed by atoms with Crippen molar-refractivity contribution in [1.82, 2.24) is 4.90 Å². The summed E-state index contributed by atoms with van der Waals surface area (Å²) < 4.78 is 0. The van der Waals surface area contributed by atoms with Crippen molar-refractivity contribution in [2.75, 3.05) is 7.05 Å². The van der Waals surface area contributed by atoms with Gasteiger partial charge in [0.1, 0.15) is 0 Å². The molecule has 0 saturated carbocycles. The standard InChI is InChI=1S/C19H20N2O3/c1-14-6-4-7-16(12-14)10-11-19(22)20(3)15(2)17-8-5-9-18(13-17)21(23)24/h4-13,15H,1-3H3/b11-10+/t15-/m1/s1. The summed E-state index contributed by atoms with van der Waals surface area (Å²) in [4.78, 5) is 24.3. The molecular weight excluding hydrogens is 304 g/mol. The van der Waals surface area contributed by atoms with Gasteiger partial charge in [0.2, 0.25) is 5.91 Å². The van der Waals surface area contributed by atoms with Gasteiger partial charge < -0.3 is 4.90 Å². The smallest absolute Gasteiger partial charge is 0.269 e. The van der Waals surface area contributed by atoms with Crippen LogP contribution in [-0.4, -0.2) is 22.8 Å². The Labute approximate surface area is 141 Å². The number of amides is 1. The van der Waals surface area contributed by atoms with Gasteiger partial charge in [0.25, 0.3) is 5.69 Å². The van der Waals surface area contributed by atoms with Gasteiger partial charge in [0.15, 0.2) is 0 Å². The predicted octanol–water partition coefficient (Wildman–Crippen LogP) is 4.14. The van der Waals surface area contributed by atoms with Crippen molar-refractivity contribution >= 4 is 17.7 Å². The Kier molecular flexibility index (Phi) is 5.47. The molecule has 5 heteroatoms. The van der Waals surface area contributed by atoms with Crippen molar-refractivity contribution in [3.05, 3.63) is 81.4 Å². The van der Waals surface area contributed by atoms with Crippen LogP contribution in [0.15, 0.2) is 54.6 Å². The lowest BCUT2D eigenvalue weighted by Crippen LogP contribution is -2.28. The molecule has 0 aromatic heterocycles. The van der Waals surface area contributed by atoms with E-state index in [9.17, 15) is 14.9 Å². The number of non-ortho nitro benzene ring substituents is 1. The lowest BCUT2D eigenvalue weighted by Gasteiger charge is -2.24. The Morgan fingerprint density at radius 1 is 1.21 bits per heavy atom. The van der Waals surface area contributed by atoms with Crippen LogP contribution in [0.5, 0.6) is 0 Å². The van der Waals surface area contributed by atoms with Crippen molar-refractivity contribution in [3.63, 3.8) is 0 Å². The van der Waals surface area contributed by atoms with E-state index in [1.165, 1.54) is 18.2 Å². The van der Waals surface area contributed by atoms with E-state index in [-0.39, 0.29) is 17.6 Å². The van der Waals surface area contributed by atoms with Gasteiger partial charge in [-0.05, 0) is 31.1 Å². The fraction of sp³-hybridized carbons (Fsp3) is 0.211. The number of hydrogen-bond donors (Lipinski definition) is 0. The molecule has 0 radical (unpaired) electrons. The van der Waals surface area contributed by atoms with E-state index in [0.717, 1.165) is 16.7 Å². The Bertz CT molecular complexity index is 784. The highest BCUT2D eigenvalue weighted by Crippen LogP contribution is 2.23. The Morgan fingerprint density at radius 2 is 1.92 bits per heavy atom. The fourth-order valence-corrected chi connectivity index (χ4v) is 2.37. The zero-order valence-corrected chi connectivity index (χ0v) is 14.0. The average molecular weight is 324 g/mol. The highest BCUT2D eigenvalue weighted by Gasteiger charge is 2.17. The van der Waals surface area contributed by atoms with Gasteiger partial charge in [-0.3, -0.25) is 14.9 Å². The van der Waals surface area contributed by atoms with Crippen LogP contribution < -0.4 is 0 Å². The fourth-order valence-electron chi connectivity index (χ4n) is 2.37. The molecule has 0 unspecified atom stereocenters. The number of carbonyl (C=O) groups is 1. The summed E-state index contributed by atoms with van der Waals surface area (Å²) in [6.07, 6.45) is 3.29. The van der Waals surface area contributed by atoms with E-state index < -0.39 is 4.92 Å². The minimum absolute atomic E-state index is 0.0236. The van der Waals surface area contributed by atoms with Gasteiger partial charge in [-0.2, -0.15) is 0 Å². The molecule has 2 rings (SSSR count). The van der Waals surface area contributed by atoms with Crippen LogP contribution in [0.4, 0.5) is 5.69 Å². The van der Waals surface area contributed by atoms with Gasteiger partial charge >= 0.3 is 0 Å². The van der Waals surface area contributed by atoms with Gasteiger partial charge in [-0.25, -0.2) is 0 Å². The Morgan fingerprint density at radius 3 is 2.58 bits per heavy atom. The Hall–Kier alpha value is -2.95. The summed E-state index contributed by atoms with van der Waals surface area (Å²) in [7, 11) is 1.69. The number of aryl methyl sites for hydroxylation is 1. The van der Waals surface area contributed by atoms with Crippen LogP contribution in [0.2, 0.25) is 0 Å². The van der Waals surface area contributed by atoms with Crippen molar-refractivity contribution in [2.24, 2.45) is 0 Å². The largest absolute Gasteiger partial charge is 0.335 e. The number of hydrogen-bond acceptors (Lipinski definition) is 3. The molecule has 0 aliphatic heterocycles. The molecule has 0 heterocycles. The first-order valence-electron chi connectivity index (χ1n) is 7.64. The summed E-state index contributed by atoms with van der Waals surface area (Å²) in [5.74, 6) is -0.157. The third-order valence-corrected chi connectivity index (χ3v) is 3.95. The molecule has 1 atom stereocenters. The zero-order chi connectivity index (χ0) is 17.7. The molecule has 0 aliphatic rings. The van der Waals surface area contributed by atoms with Gasteiger partial charge in [-0.15, -0.1) is 0 Å². The third-order valence-electron chi connectivity index (χ3n) is 3.95. The summed E-state index contributed by atoms with van der Waals surface area (Å²) >= 11 is 0. The molecule has 0 aliphatic carbocycles. The van der Waals surface area contributed by atoms with E-state index in [1.807, 2.05) is 38.1 Å². The van der Waals surface area contributed by atoms with E-state index in [0.29, 0.717) is 0 Å². The molecule has 124 valence electrons. The monoisotopic (exact) mass is 324 g/mol. The summed E-state index contributed by atoms with van der Waals surface area (Å²) in [6, 6.07) is 13.9. The number of rotatable bonds is 5. The quantitative estimate of drug-likeness (QED) is 0.472. The molecule has 2 aromatic carbocycles. The third kappa shape index (κ3) is 4.29. The van der Waals surface area contributed by atoms with Crippen LogP contribution in [-0.2, 0) is 4.79 Å². The minimum Gasteiger partial charge on any atom is -0.335 e. The normalized spacial score (nSPS) is 12.1. The minimum atomic E-state index is -0.435. The molecule has 0 saturated heterocycles. The highest BCUT2D eigenvalue weighted by atomic mass is 16.6. The Balaban J connectivity index is 2.12. The molecule has 0 bridgehead atoms. The van der Waals surface area contributed by atoms with Crippen LogP contribution in [0.25, 0.3) is 6.08 Å².